The van der Waals surface area contributed by atoms with Gasteiger partial charge in [0.2, 0.25) is 10.0 Å². The van der Waals surface area contributed by atoms with Crippen LogP contribution in [0.5, 0.6) is 0 Å². The minimum Gasteiger partial charge on any atom is -0.396 e. The number of aliphatic hydroxyl groups excluding tert-OH is 1. The van der Waals surface area contributed by atoms with E-state index >= 15 is 0 Å². The van der Waals surface area contributed by atoms with Crippen molar-refractivity contribution in [3.05, 3.63) is 29.3 Å². The third kappa shape index (κ3) is 2.99. The summed E-state index contributed by atoms with van der Waals surface area (Å²) in [4.78, 5) is 0.373. The fourth-order valence-electron chi connectivity index (χ4n) is 2.36. The standard InChI is InChI=1S/C14H21NO3S/c1-11-3-4-14(9-12(11)2)19(17,18)15-7-5-13(10-16)6-8-15/h3-4,9,13,16H,5-8,10H2,1-2H3. The molecule has 0 aliphatic carbocycles. The first-order valence-electron chi connectivity index (χ1n) is 6.63. The second-order valence-electron chi connectivity index (χ2n) is 5.28. The van der Waals surface area contributed by atoms with Crippen LogP contribution in [0.4, 0.5) is 0 Å². The molecule has 0 bridgehead atoms. The molecular weight excluding hydrogens is 262 g/mol. The van der Waals surface area contributed by atoms with Crippen LogP contribution in [0, 0.1) is 19.8 Å². The number of hydrogen-bond acceptors (Lipinski definition) is 3. The minimum absolute atomic E-state index is 0.150. The Morgan fingerprint density at radius 3 is 2.37 bits per heavy atom. The van der Waals surface area contributed by atoms with Crippen LogP contribution in [0.25, 0.3) is 0 Å². The summed E-state index contributed by atoms with van der Waals surface area (Å²) >= 11 is 0. The van der Waals surface area contributed by atoms with E-state index in [9.17, 15) is 8.42 Å². The van der Waals surface area contributed by atoms with Gasteiger partial charge in [0, 0.05) is 19.7 Å². The monoisotopic (exact) mass is 283 g/mol. The first-order chi connectivity index (χ1) is 8.95. The number of benzene rings is 1. The Bertz CT molecular complexity index is 546. The largest absolute Gasteiger partial charge is 0.396 e. The van der Waals surface area contributed by atoms with Gasteiger partial charge in [-0.1, -0.05) is 6.07 Å². The van der Waals surface area contributed by atoms with Gasteiger partial charge < -0.3 is 5.11 Å². The van der Waals surface area contributed by atoms with Gasteiger partial charge in [-0.05, 0) is 55.9 Å². The van der Waals surface area contributed by atoms with Crippen LogP contribution in [-0.2, 0) is 10.0 Å². The molecule has 106 valence electrons. The highest BCUT2D eigenvalue weighted by Gasteiger charge is 2.29. The molecule has 0 atom stereocenters. The Labute approximate surface area is 115 Å². The van der Waals surface area contributed by atoms with Crippen molar-refractivity contribution in [3.63, 3.8) is 0 Å². The molecule has 0 amide bonds. The van der Waals surface area contributed by atoms with Crippen LogP contribution >= 0.6 is 0 Å². The van der Waals surface area contributed by atoms with Gasteiger partial charge in [-0.2, -0.15) is 4.31 Å². The zero-order valence-corrected chi connectivity index (χ0v) is 12.3. The molecule has 0 aromatic heterocycles. The van der Waals surface area contributed by atoms with Crippen molar-refractivity contribution >= 4 is 10.0 Å². The minimum atomic E-state index is -3.38. The van der Waals surface area contributed by atoms with E-state index in [2.05, 4.69) is 0 Å². The van der Waals surface area contributed by atoms with Crippen molar-refractivity contribution in [2.24, 2.45) is 5.92 Å². The lowest BCUT2D eigenvalue weighted by Gasteiger charge is -2.30. The Kier molecular flexibility index (Phi) is 4.28. The van der Waals surface area contributed by atoms with Crippen LogP contribution in [-0.4, -0.2) is 37.5 Å². The summed E-state index contributed by atoms with van der Waals surface area (Å²) in [6, 6.07) is 5.27. The van der Waals surface area contributed by atoms with Crippen LogP contribution in [0.1, 0.15) is 24.0 Å². The fraction of sp³-hybridized carbons (Fsp3) is 0.571. The summed E-state index contributed by atoms with van der Waals surface area (Å²) in [5, 5.41) is 9.10. The molecule has 19 heavy (non-hydrogen) atoms. The van der Waals surface area contributed by atoms with Crippen molar-refractivity contribution in [2.75, 3.05) is 19.7 Å². The molecule has 1 aromatic carbocycles. The number of rotatable bonds is 3. The summed E-state index contributed by atoms with van der Waals surface area (Å²) in [6.45, 7) is 5.04. The molecule has 4 nitrogen and oxygen atoms in total. The maximum absolute atomic E-state index is 12.5. The average Bonchev–Trinajstić information content (AvgIpc) is 2.41. The van der Waals surface area contributed by atoms with Gasteiger partial charge in [-0.3, -0.25) is 0 Å². The Hall–Kier alpha value is -0.910. The summed E-state index contributed by atoms with van der Waals surface area (Å²) < 4.78 is 26.5. The van der Waals surface area contributed by atoms with Gasteiger partial charge in [-0.15, -0.1) is 0 Å². The molecule has 1 heterocycles. The number of hydrogen-bond donors (Lipinski definition) is 1. The maximum Gasteiger partial charge on any atom is 0.243 e. The van der Waals surface area contributed by atoms with E-state index in [0.717, 1.165) is 24.0 Å². The first kappa shape index (κ1) is 14.5. The van der Waals surface area contributed by atoms with Gasteiger partial charge in [0.1, 0.15) is 0 Å². The topological polar surface area (TPSA) is 57.6 Å². The number of nitrogens with zero attached hydrogens (tertiary/aromatic N) is 1. The molecule has 1 N–H and O–H groups in total. The highest BCUT2D eigenvalue weighted by Crippen LogP contribution is 2.24. The Morgan fingerprint density at radius 2 is 1.84 bits per heavy atom. The van der Waals surface area contributed by atoms with E-state index in [4.69, 9.17) is 5.11 Å². The lowest BCUT2D eigenvalue weighted by Crippen LogP contribution is -2.39. The van der Waals surface area contributed by atoms with E-state index in [-0.39, 0.29) is 12.5 Å². The van der Waals surface area contributed by atoms with Crippen molar-refractivity contribution in [2.45, 2.75) is 31.6 Å². The van der Waals surface area contributed by atoms with E-state index in [1.807, 2.05) is 19.9 Å². The quantitative estimate of drug-likeness (QED) is 0.918. The molecule has 1 aromatic rings. The molecule has 0 unspecified atom stereocenters. The Morgan fingerprint density at radius 1 is 1.21 bits per heavy atom. The smallest absolute Gasteiger partial charge is 0.243 e. The number of piperidine rings is 1. The van der Waals surface area contributed by atoms with Crippen LogP contribution < -0.4 is 0 Å². The van der Waals surface area contributed by atoms with Crippen molar-refractivity contribution in [1.29, 1.82) is 0 Å². The fourth-order valence-corrected chi connectivity index (χ4v) is 3.91. The van der Waals surface area contributed by atoms with Crippen LogP contribution in [0.2, 0.25) is 0 Å². The molecular formula is C14H21NO3S. The number of sulfonamides is 1. The first-order valence-corrected chi connectivity index (χ1v) is 8.07. The van der Waals surface area contributed by atoms with Crippen molar-refractivity contribution in [1.82, 2.24) is 4.31 Å². The number of aryl methyl sites for hydroxylation is 2. The third-order valence-electron chi connectivity index (χ3n) is 3.95. The van der Waals surface area contributed by atoms with Gasteiger partial charge in [0.15, 0.2) is 0 Å². The summed E-state index contributed by atoms with van der Waals surface area (Å²) in [5.41, 5.74) is 2.09. The molecule has 5 heteroatoms. The van der Waals surface area contributed by atoms with Crippen LogP contribution in [0.3, 0.4) is 0 Å². The van der Waals surface area contributed by atoms with Gasteiger partial charge >= 0.3 is 0 Å². The highest BCUT2D eigenvalue weighted by atomic mass is 32.2. The lowest BCUT2D eigenvalue weighted by molar-refractivity contribution is 0.170. The molecule has 0 saturated carbocycles. The predicted molar refractivity (Wildman–Crippen MR) is 74.5 cm³/mol. The predicted octanol–water partition coefficient (Wildman–Crippen LogP) is 1.70. The molecule has 2 rings (SSSR count). The molecule has 1 aliphatic rings. The maximum atomic E-state index is 12.5. The van der Waals surface area contributed by atoms with Gasteiger partial charge in [0.25, 0.3) is 0 Å². The van der Waals surface area contributed by atoms with Gasteiger partial charge in [-0.25, -0.2) is 8.42 Å². The lowest BCUT2D eigenvalue weighted by atomic mass is 10.00. The Balaban J connectivity index is 2.21. The molecule has 1 saturated heterocycles. The average molecular weight is 283 g/mol. The van der Waals surface area contributed by atoms with Crippen LogP contribution in [0.15, 0.2) is 23.1 Å². The normalized spacial score (nSPS) is 18.7. The summed E-state index contributed by atoms with van der Waals surface area (Å²) in [5.74, 6) is 0.242. The zero-order valence-electron chi connectivity index (χ0n) is 11.5. The van der Waals surface area contributed by atoms with E-state index < -0.39 is 10.0 Å². The number of aliphatic hydroxyl groups is 1. The van der Waals surface area contributed by atoms with E-state index in [1.165, 1.54) is 4.31 Å². The highest BCUT2D eigenvalue weighted by molar-refractivity contribution is 7.89. The van der Waals surface area contributed by atoms with E-state index in [0.29, 0.717) is 18.0 Å². The second-order valence-corrected chi connectivity index (χ2v) is 7.21. The molecule has 1 aliphatic heterocycles. The summed E-state index contributed by atoms with van der Waals surface area (Å²) in [7, 11) is -3.38. The zero-order chi connectivity index (χ0) is 14.0. The molecule has 0 spiro atoms. The molecule has 0 radical (unpaired) electrons. The van der Waals surface area contributed by atoms with Crippen molar-refractivity contribution in [3.8, 4) is 0 Å². The van der Waals surface area contributed by atoms with Crippen molar-refractivity contribution < 1.29 is 13.5 Å². The second kappa shape index (κ2) is 5.61. The molecule has 1 fully saturated rings. The van der Waals surface area contributed by atoms with Gasteiger partial charge in [0.05, 0.1) is 4.90 Å². The SMILES string of the molecule is Cc1ccc(S(=O)(=O)N2CCC(CO)CC2)cc1C. The summed E-state index contributed by atoms with van der Waals surface area (Å²) in [6.07, 6.45) is 1.47. The van der Waals surface area contributed by atoms with E-state index in [1.54, 1.807) is 12.1 Å². The third-order valence-corrected chi connectivity index (χ3v) is 5.84.